The van der Waals surface area contributed by atoms with Gasteiger partial charge < -0.3 is 20.3 Å². The van der Waals surface area contributed by atoms with Crippen LogP contribution in [0.5, 0.6) is 0 Å². The molecule has 1 saturated heterocycles. The Morgan fingerprint density at radius 3 is 2.88 bits per heavy atom. The number of pyridine rings is 1. The quantitative estimate of drug-likeness (QED) is 0.775. The van der Waals surface area contributed by atoms with Crippen molar-refractivity contribution in [3.63, 3.8) is 0 Å². The van der Waals surface area contributed by atoms with Crippen molar-refractivity contribution in [2.75, 3.05) is 36.5 Å². The van der Waals surface area contributed by atoms with Gasteiger partial charge in [0.05, 0.1) is 18.4 Å². The number of hydrogen-bond acceptors (Lipinski definition) is 4. The van der Waals surface area contributed by atoms with Crippen LogP contribution >= 0.6 is 0 Å². The van der Waals surface area contributed by atoms with Gasteiger partial charge in [-0.3, -0.25) is 0 Å². The standard InChI is InChI=1S/C19H30N4O2/c1-15-7-2-3-9-17(15)25-14-11-21-19(24)22-16-8-6-10-20-18(16)23-12-4-5-13-23/h6,8,10,15,17H,2-5,7,9,11-14H2,1H3,(H2,21,22,24)/t15-,17-/m1/s1. The second kappa shape index (κ2) is 9.04. The van der Waals surface area contributed by atoms with Gasteiger partial charge in [-0.1, -0.05) is 19.8 Å². The molecule has 2 fully saturated rings. The Bertz CT molecular complexity index is 560. The van der Waals surface area contributed by atoms with E-state index < -0.39 is 0 Å². The predicted molar refractivity (Wildman–Crippen MR) is 100 cm³/mol. The number of nitrogens with one attached hydrogen (secondary N) is 2. The van der Waals surface area contributed by atoms with E-state index in [4.69, 9.17) is 4.74 Å². The highest BCUT2D eigenvalue weighted by Crippen LogP contribution is 2.27. The van der Waals surface area contributed by atoms with Gasteiger partial charge in [0.1, 0.15) is 0 Å². The molecule has 6 nitrogen and oxygen atoms in total. The number of amides is 2. The van der Waals surface area contributed by atoms with Gasteiger partial charge in [0.25, 0.3) is 0 Å². The van der Waals surface area contributed by atoms with Crippen LogP contribution in [-0.4, -0.2) is 43.4 Å². The average molecular weight is 346 g/mol. The maximum Gasteiger partial charge on any atom is 0.319 e. The second-order valence-corrected chi connectivity index (χ2v) is 7.12. The molecule has 138 valence electrons. The van der Waals surface area contributed by atoms with Gasteiger partial charge in [-0.05, 0) is 43.7 Å². The molecule has 1 aromatic rings. The first-order chi connectivity index (χ1) is 12.2. The zero-order chi connectivity index (χ0) is 17.5. The molecule has 2 N–H and O–H groups in total. The van der Waals surface area contributed by atoms with Crippen LogP contribution in [0, 0.1) is 5.92 Å². The fourth-order valence-corrected chi connectivity index (χ4v) is 3.75. The lowest BCUT2D eigenvalue weighted by molar-refractivity contribution is -0.00232. The Kier molecular flexibility index (Phi) is 6.50. The molecule has 1 saturated carbocycles. The maximum atomic E-state index is 12.2. The van der Waals surface area contributed by atoms with Gasteiger partial charge in [-0.15, -0.1) is 0 Å². The number of hydrogen-bond donors (Lipinski definition) is 2. The maximum absolute atomic E-state index is 12.2. The molecule has 1 aromatic heterocycles. The van der Waals surface area contributed by atoms with Crippen molar-refractivity contribution in [1.82, 2.24) is 10.3 Å². The Balaban J connectivity index is 1.42. The lowest BCUT2D eigenvalue weighted by Crippen LogP contribution is -2.34. The fraction of sp³-hybridized carbons (Fsp3) is 0.684. The highest BCUT2D eigenvalue weighted by Gasteiger charge is 2.21. The lowest BCUT2D eigenvalue weighted by Gasteiger charge is -2.28. The van der Waals surface area contributed by atoms with Crippen molar-refractivity contribution in [2.24, 2.45) is 5.92 Å². The second-order valence-electron chi connectivity index (χ2n) is 7.12. The fourth-order valence-electron chi connectivity index (χ4n) is 3.75. The summed E-state index contributed by atoms with van der Waals surface area (Å²) in [5.74, 6) is 1.49. The number of rotatable bonds is 6. The molecule has 0 radical (unpaired) electrons. The molecular weight excluding hydrogens is 316 g/mol. The minimum absolute atomic E-state index is 0.200. The molecule has 0 unspecified atom stereocenters. The van der Waals surface area contributed by atoms with Gasteiger partial charge in [0, 0.05) is 25.8 Å². The van der Waals surface area contributed by atoms with Gasteiger partial charge in [-0.25, -0.2) is 9.78 Å². The van der Waals surface area contributed by atoms with Gasteiger partial charge in [0.2, 0.25) is 0 Å². The third-order valence-electron chi connectivity index (χ3n) is 5.19. The number of urea groups is 1. The van der Waals surface area contributed by atoms with Crippen molar-refractivity contribution >= 4 is 17.5 Å². The molecule has 6 heteroatoms. The Hall–Kier alpha value is -1.82. The molecule has 2 atom stereocenters. The first kappa shape index (κ1) is 18.0. The van der Waals surface area contributed by atoms with E-state index in [9.17, 15) is 4.79 Å². The monoisotopic (exact) mass is 346 g/mol. The van der Waals surface area contributed by atoms with E-state index in [0.29, 0.717) is 25.2 Å². The third-order valence-corrected chi connectivity index (χ3v) is 5.19. The van der Waals surface area contributed by atoms with Crippen LogP contribution in [0.1, 0.15) is 45.4 Å². The Labute approximate surface area is 150 Å². The summed E-state index contributed by atoms with van der Waals surface area (Å²) in [6.45, 7) is 5.34. The number of carbonyl (C=O) groups is 1. The summed E-state index contributed by atoms with van der Waals surface area (Å²) in [5.41, 5.74) is 0.767. The average Bonchev–Trinajstić information content (AvgIpc) is 3.15. The Morgan fingerprint density at radius 1 is 1.28 bits per heavy atom. The van der Waals surface area contributed by atoms with E-state index in [1.54, 1.807) is 6.20 Å². The van der Waals surface area contributed by atoms with Crippen LogP contribution in [-0.2, 0) is 4.74 Å². The number of anilines is 2. The van der Waals surface area contributed by atoms with E-state index in [1.165, 1.54) is 32.1 Å². The molecule has 3 rings (SSSR count). The van der Waals surface area contributed by atoms with E-state index in [0.717, 1.165) is 31.0 Å². The van der Waals surface area contributed by atoms with Crippen molar-refractivity contribution in [3.05, 3.63) is 18.3 Å². The zero-order valence-corrected chi connectivity index (χ0v) is 15.2. The van der Waals surface area contributed by atoms with Crippen LogP contribution in [0.2, 0.25) is 0 Å². The number of carbonyl (C=O) groups excluding carboxylic acids is 1. The molecule has 0 spiro atoms. The summed E-state index contributed by atoms with van der Waals surface area (Å²) in [6.07, 6.45) is 9.43. The van der Waals surface area contributed by atoms with Gasteiger partial charge in [-0.2, -0.15) is 0 Å². The Morgan fingerprint density at radius 2 is 2.08 bits per heavy atom. The summed E-state index contributed by atoms with van der Waals surface area (Å²) in [7, 11) is 0. The van der Waals surface area contributed by atoms with Crippen LogP contribution in [0.4, 0.5) is 16.3 Å². The number of aromatic nitrogens is 1. The minimum Gasteiger partial charge on any atom is -0.376 e. The van der Waals surface area contributed by atoms with Crippen LogP contribution in [0.3, 0.4) is 0 Å². The normalized spacial score (nSPS) is 23.5. The molecule has 0 aromatic carbocycles. The predicted octanol–water partition coefficient (Wildman–Crippen LogP) is 3.40. The summed E-state index contributed by atoms with van der Waals surface area (Å²) in [5, 5.41) is 5.81. The highest BCUT2D eigenvalue weighted by molar-refractivity contribution is 5.92. The van der Waals surface area contributed by atoms with E-state index in [-0.39, 0.29) is 6.03 Å². The van der Waals surface area contributed by atoms with Crippen molar-refractivity contribution in [3.8, 4) is 0 Å². The largest absolute Gasteiger partial charge is 0.376 e. The number of nitrogens with zero attached hydrogens (tertiary/aromatic N) is 2. The van der Waals surface area contributed by atoms with E-state index in [2.05, 4.69) is 27.4 Å². The zero-order valence-electron chi connectivity index (χ0n) is 15.2. The van der Waals surface area contributed by atoms with Gasteiger partial charge >= 0.3 is 6.03 Å². The summed E-state index contributed by atoms with van der Waals surface area (Å²) in [4.78, 5) is 18.8. The SMILES string of the molecule is C[C@@H]1CCCC[C@H]1OCCNC(=O)Nc1cccnc1N1CCCC1. The first-order valence-corrected chi connectivity index (χ1v) is 9.60. The van der Waals surface area contributed by atoms with Crippen LogP contribution < -0.4 is 15.5 Å². The summed E-state index contributed by atoms with van der Waals surface area (Å²) in [6, 6.07) is 3.55. The van der Waals surface area contributed by atoms with Crippen LogP contribution in [0.25, 0.3) is 0 Å². The lowest BCUT2D eigenvalue weighted by atomic mass is 9.88. The first-order valence-electron chi connectivity index (χ1n) is 9.60. The van der Waals surface area contributed by atoms with Crippen LogP contribution in [0.15, 0.2) is 18.3 Å². The molecular formula is C19H30N4O2. The molecule has 1 aliphatic heterocycles. The van der Waals surface area contributed by atoms with Crippen molar-refractivity contribution in [2.45, 2.75) is 51.6 Å². The summed E-state index contributed by atoms with van der Waals surface area (Å²) >= 11 is 0. The molecule has 2 heterocycles. The molecule has 2 aliphatic rings. The molecule has 0 bridgehead atoms. The van der Waals surface area contributed by atoms with Gasteiger partial charge in [0.15, 0.2) is 5.82 Å². The minimum atomic E-state index is -0.200. The summed E-state index contributed by atoms with van der Waals surface area (Å²) < 4.78 is 5.94. The molecule has 1 aliphatic carbocycles. The smallest absolute Gasteiger partial charge is 0.319 e. The van der Waals surface area contributed by atoms with E-state index >= 15 is 0 Å². The van der Waals surface area contributed by atoms with Crippen molar-refractivity contribution in [1.29, 1.82) is 0 Å². The molecule has 25 heavy (non-hydrogen) atoms. The molecule has 2 amide bonds. The third kappa shape index (κ3) is 5.08. The van der Waals surface area contributed by atoms with Crippen molar-refractivity contribution < 1.29 is 9.53 Å². The number of ether oxygens (including phenoxy) is 1. The topological polar surface area (TPSA) is 66.5 Å². The van der Waals surface area contributed by atoms with E-state index in [1.807, 2.05) is 12.1 Å². The highest BCUT2D eigenvalue weighted by atomic mass is 16.5.